The van der Waals surface area contributed by atoms with E-state index in [2.05, 4.69) is 53.2 Å². The molecule has 1 saturated heterocycles. The van der Waals surface area contributed by atoms with E-state index in [1.54, 1.807) is 0 Å². The molecular formula is C27H30N2O3. The Hall–Kier alpha value is -3.31. The molecular weight excluding hydrogens is 400 g/mol. The zero-order valence-electron chi connectivity index (χ0n) is 18.8. The number of hydrogen-bond acceptors (Lipinski definition) is 5. The summed E-state index contributed by atoms with van der Waals surface area (Å²) in [5.74, 6) is 1.46. The molecule has 0 N–H and O–H groups in total. The second kappa shape index (κ2) is 10.8. The van der Waals surface area contributed by atoms with E-state index in [0.717, 1.165) is 54.6 Å². The van der Waals surface area contributed by atoms with Crippen molar-refractivity contribution in [3.63, 3.8) is 0 Å². The lowest BCUT2D eigenvalue weighted by atomic mass is 10.1. The fraction of sp³-hybridized carbons (Fsp3) is 0.296. The Labute approximate surface area is 190 Å². The average Bonchev–Trinajstić information content (AvgIpc) is 2.84. The Morgan fingerprint density at radius 3 is 2.38 bits per heavy atom. The van der Waals surface area contributed by atoms with Crippen LogP contribution in [0.5, 0.6) is 11.5 Å². The molecule has 166 valence electrons. The summed E-state index contributed by atoms with van der Waals surface area (Å²) in [6.07, 6.45) is 1.86. The van der Waals surface area contributed by atoms with Gasteiger partial charge in [0.05, 0.1) is 25.5 Å². The summed E-state index contributed by atoms with van der Waals surface area (Å²) in [5.41, 5.74) is 5.46. The van der Waals surface area contributed by atoms with Gasteiger partial charge in [-0.3, -0.25) is 4.99 Å². The van der Waals surface area contributed by atoms with Gasteiger partial charge in [0.2, 0.25) is 0 Å². The number of rotatable bonds is 8. The van der Waals surface area contributed by atoms with Crippen molar-refractivity contribution in [2.24, 2.45) is 4.99 Å². The van der Waals surface area contributed by atoms with Crippen LogP contribution in [0.1, 0.15) is 23.6 Å². The Morgan fingerprint density at radius 1 is 0.906 bits per heavy atom. The molecule has 5 heteroatoms. The number of anilines is 1. The maximum Gasteiger partial charge on any atom is 0.161 e. The standard InChI is InChI=1S/C27H30N2O3/c1-3-31-27-18-23(8-13-26(27)32-20-22-6-4-21(2)5-7-22)19-28-24-9-11-25(12-10-24)29-14-16-30-17-15-29/h4-13,18-19H,3,14-17,20H2,1-2H3. The molecule has 3 aromatic rings. The van der Waals surface area contributed by atoms with E-state index in [1.165, 1.54) is 11.3 Å². The quantitative estimate of drug-likeness (QED) is 0.439. The van der Waals surface area contributed by atoms with Crippen LogP contribution in [0.15, 0.2) is 71.7 Å². The highest BCUT2D eigenvalue weighted by Gasteiger charge is 2.10. The zero-order valence-corrected chi connectivity index (χ0v) is 18.8. The van der Waals surface area contributed by atoms with Gasteiger partial charge in [-0.1, -0.05) is 29.8 Å². The number of ether oxygens (including phenoxy) is 3. The minimum atomic E-state index is 0.503. The molecule has 0 amide bonds. The predicted molar refractivity (Wildman–Crippen MR) is 130 cm³/mol. The van der Waals surface area contributed by atoms with Crippen LogP contribution in [-0.4, -0.2) is 39.1 Å². The first-order valence-corrected chi connectivity index (χ1v) is 11.1. The molecule has 1 heterocycles. The van der Waals surface area contributed by atoms with Crippen molar-refractivity contribution in [2.45, 2.75) is 20.5 Å². The Bertz CT molecular complexity index is 1020. The van der Waals surface area contributed by atoms with Crippen LogP contribution in [0, 0.1) is 6.92 Å². The van der Waals surface area contributed by atoms with E-state index in [4.69, 9.17) is 14.2 Å². The van der Waals surface area contributed by atoms with Gasteiger partial charge in [-0.2, -0.15) is 0 Å². The smallest absolute Gasteiger partial charge is 0.161 e. The molecule has 1 aliphatic rings. The summed E-state index contributed by atoms with van der Waals surface area (Å²) < 4.78 is 17.3. The number of hydrogen-bond donors (Lipinski definition) is 0. The number of nitrogens with zero attached hydrogens (tertiary/aromatic N) is 2. The summed E-state index contributed by atoms with van der Waals surface area (Å²) in [5, 5.41) is 0. The molecule has 0 saturated carbocycles. The Kier molecular flexibility index (Phi) is 7.41. The third kappa shape index (κ3) is 5.89. The maximum atomic E-state index is 6.02. The zero-order chi connectivity index (χ0) is 22.2. The van der Waals surface area contributed by atoms with Crippen LogP contribution >= 0.6 is 0 Å². The highest BCUT2D eigenvalue weighted by atomic mass is 16.5. The molecule has 32 heavy (non-hydrogen) atoms. The molecule has 0 radical (unpaired) electrons. The van der Waals surface area contributed by atoms with Gasteiger partial charge in [0, 0.05) is 25.0 Å². The van der Waals surface area contributed by atoms with Crippen LogP contribution < -0.4 is 14.4 Å². The topological polar surface area (TPSA) is 43.3 Å². The summed E-state index contributed by atoms with van der Waals surface area (Å²) >= 11 is 0. The monoisotopic (exact) mass is 430 g/mol. The number of morpholine rings is 1. The summed E-state index contributed by atoms with van der Waals surface area (Å²) in [4.78, 5) is 6.96. The second-order valence-corrected chi connectivity index (χ2v) is 7.79. The van der Waals surface area contributed by atoms with Crippen molar-refractivity contribution in [3.8, 4) is 11.5 Å². The van der Waals surface area contributed by atoms with Crippen LogP contribution in [0.3, 0.4) is 0 Å². The highest BCUT2D eigenvalue weighted by Crippen LogP contribution is 2.29. The van der Waals surface area contributed by atoms with E-state index < -0.39 is 0 Å². The predicted octanol–water partition coefficient (Wildman–Crippen LogP) is 5.56. The number of aryl methyl sites for hydroxylation is 1. The third-order valence-electron chi connectivity index (χ3n) is 5.37. The van der Waals surface area contributed by atoms with E-state index in [1.807, 2.05) is 43.5 Å². The lowest BCUT2D eigenvalue weighted by Gasteiger charge is -2.28. The molecule has 0 aliphatic carbocycles. The summed E-state index contributed by atoms with van der Waals surface area (Å²) in [6, 6.07) is 22.6. The lowest BCUT2D eigenvalue weighted by Crippen LogP contribution is -2.36. The first kappa shape index (κ1) is 21.9. The van der Waals surface area contributed by atoms with Gasteiger partial charge in [-0.05, 0) is 67.4 Å². The molecule has 0 atom stereocenters. The van der Waals surface area contributed by atoms with Crippen molar-refractivity contribution >= 4 is 17.6 Å². The van der Waals surface area contributed by atoms with E-state index in [0.29, 0.717) is 13.2 Å². The molecule has 5 nitrogen and oxygen atoms in total. The normalized spacial score (nSPS) is 14.0. The van der Waals surface area contributed by atoms with Gasteiger partial charge < -0.3 is 19.1 Å². The van der Waals surface area contributed by atoms with Crippen LogP contribution in [0.25, 0.3) is 0 Å². The molecule has 4 rings (SSSR count). The van der Waals surface area contributed by atoms with Gasteiger partial charge in [-0.15, -0.1) is 0 Å². The molecule has 0 bridgehead atoms. The third-order valence-corrected chi connectivity index (χ3v) is 5.37. The van der Waals surface area contributed by atoms with Crippen molar-refractivity contribution in [2.75, 3.05) is 37.8 Å². The van der Waals surface area contributed by atoms with E-state index >= 15 is 0 Å². The van der Waals surface area contributed by atoms with E-state index in [-0.39, 0.29) is 0 Å². The Morgan fingerprint density at radius 2 is 1.66 bits per heavy atom. The Balaban J connectivity index is 1.42. The van der Waals surface area contributed by atoms with Crippen molar-refractivity contribution in [3.05, 3.63) is 83.4 Å². The van der Waals surface area contributed by atoms with Gasteiger partial charge in [0.1, 0.15) is 6.61 Å². The van der Waals surface area contributed by atoms with Crippen molar-refractivity contribution in [1.82, 2.24) is 0 Å². The summed E-state index contributed by atoms with van der Waals surface area (Å²) in [6.45, 7) is 8.56. The van der Waals surface area contributed by atoms with Gasteiger partial charge in [0.15, 0.2) is 11.5 Å². The highest BCUT2D eigenvalue weighted by molar-refractivity contribution is 5.83. The molecule has 0 aromatic heterocycles. The second-order valence-electron chi connectivity index (χ2n) is 7.79. The average molecular weight is 431 g/mol. The number of benzene rings is 3. The minimum Gasteiger partial charge on any atom is -0.490 e. The fourth-order valence-corrected chi connectivity index (χ4v) is 3.56. The molecule has 1 fully saturated rings. The number of aliphatic imine (C=N–C) groups is 1. The molecule has 0 spiro atoms. The van der Waals surface area contributed by atoms with E-state index in [9.17, 15) is 0 Å². The molecule has 3 aromatic carbocycles. The SMILES string of the molecule is CCOc1cc(C=Nc2ccc(N3CCOCC3)cc2)ccc1OCc1ccc(C)cc1. The van der Waals surface area contributed by atoms with Crippen LogP contribution in [0.4, 0.5) is 11.4 Å². The summed E-state index contributed by atoms with van der Waals surface area (Å²) in [7, 11) is 0. The molecule has 0 unspecified atom stereocenters. The largest absolute Gasteiger partial charge is 0.490 e. The van der Waals surface area contributed by atoms with Crippen molar-refractivity contribution in [1.29, 1.82) is 0 Å². The minimum absolute atomic E-state index is 0.503. The lowest BCUT2D eigenvalue weighted by molar-refractivity contribution is 0.122. The van der Waals surface area contributed by atoms with Crippen LogP contribution in [-0.2, 0) is 11.3 Å². The molecule has 1 aliphatic heterocycles. The van der Waals surface area contributed by atoms with Gasteiger partial charge in [-0.25, -0.2) is 0 Å². The van der Waals surface area contributed by atoms with Crippen molar-refractivity contribution < 1.29 is 14.2 Å². The first-order valence-electron chi connectivity index (χ1n) is 11.1. The van der Waals surface area contributed by atoms with Gasteiger partial charge in [0.25, 0.3) is 0 Å². The van der Waals surface area contributed by atoms with Gasteiger partial charge >= 0.3 is 0 Å². The fourth-order valence-electron chi connectivity index (χ4n) is 3.56. The van der Waals surface area contributed by atoms with Crippen LogP contribution in [0.2, 0.25) is 0 Å². The first-order chi connectivity index (χ1) is 15.7. The maximum absolute atomic E-state index is 6.02.